The first-order valence-electron chi connectivity index (χ1n) is 6.38. The van der Waals surface area contributed by atoms with Gasteiger partial charge in [0.1, 0.15) is 9.98 Å². The first-order chi connectivity index (χ1) is 9.52. The molecule has 0 unspecified atom stereocenters. The summed E-state index contributed by atoms with van der Waals surface area (Å²) >= 11 is 7.53. The second-order valence-electron chi connectivity index (χ2n) is 4.66. The molecule has 0 fully saturated rings. The number of halogens is 1. The molecule has 0 aliphatic rings. The molecule has 2 aromatic rings. The van der Waals surface area contributed by atoms with Crippen LogP contribution in [0.3, 0.4) is 0 Å². The average molecular weight is 314 g/mol. The molecule has 2 heterocycles. The van der Waals surface area contributed by atoms with E-state index in [1.165, 1.54) is 11.3 Å². The molecule has 0 saturated carbocycles. The molecule has 0 aliphatic heterocycles. The molecule has 5 nitrogen and oxygen atoms in total. The number of nitrogens with zero attached hydrogens (tertiary/aromatic N) is 2. The molecule has 2 rings (SSSR count). The quantitative estimate of drug-likeness (QED) is 0.675. The minimum absolute atomic E-state index is 0.269. The zero-order valence-electron chi connectivity index (χ0n) is 11.6. The molecule has 0 bridgehead atoms. The number of thiophene rings is 1. The Kier molecular flexibility index (Phi) is 4.77. The molecule has 0 saturated heterocycles. The number of fused-ring (bicyclic) bond motifs is 1. The fourth-order valence-electron chi connectivity index (χ4n) is 1.63. The molecule has 0 radical (unpaired) electrons. The standard InChI is InChI=1S/C13H16ClN3O2S/c1-4-19-12(18)8-6-20-11-9(8)10(14)16-13(17-11)15-5-7(2)3/h6-7H,4-5H2,1-3H3,(H,15,16,17). The monoisotopic (exact) mass is 313 g/mol. The Balaban J connectivity index is 2.36. The van der Waals surface area contributed by atoms with Gasteiger partial charge >= 0.3 is 5.97 Å². The van der Waals surface area contributed by atoms with E-state index in [4.69, 9.17) is 16.3 Å². The number of hydrogen-bond acceptors (Lipinski definition) is 6. The van der Waals surface area contributed by atoms with E-state index in [1.54, 1.807) is 12.3 Å². The highest BCUT2D eigenvalue weighted by Gasteiger charge is 2.18. The molecule has 0 aromatic carbocycles. The number of rotatable bonds is 5. The van der Waals surface area contributed by atoms with Gasteiger partial charge in [-0.1, -0.05) is 25.4 Å². The topological polar surface area (TPSA) is 64.1 Å². The van der Waals surface area contributed by atoms with E-state index < -0.39 is 5.97 Å². The first-order valence-corrected chi connectivity index (χ1v) is 7.64. The third-order valence-corrected chi connectivity index (χ3v) is 3.70. The Morgan fingerprint density at radius 1 is 1.50 bits per heavy atom. The van der Waals surface area contributed by atoms with Gasteiger partial charge in [-0.25, -0.2) is 14.8 Å². The molecular weight excluding hydrogens is 298 g/mol. The Hall–Kier alpha value is -1.40. The van der Waals surface area contributed by atoms with E-state index in [0.717, 1.165) is 6.54 Å². The van der Waals surface area contributed by atoms with Gasteiger partial charge in [0, 0.05) is 11.9 Å². The number of ether oxygens (including phenoxy) is 1. The molecule has 0 aliphatic carbocycles. The van der Waals surface area contributed by atoms with Gasteiger partial charge in [0.15, 0.2) is 0 Å². The lowest BCUT2D eigenvalue weighted by Crippen LogP contribution is -2.10. The number of hydrogen-bond donors (Lipinski definition) is 1. The largest absolute Gasteiger partial charge is 0.462 e. The summed E-state index contributed by atoms with van der Waals surface area (Å²) in [5.41, 5.74) is 0.423. The zero-order chi connectivity index (χ0) is 14.7. The summed E-state index contributed by atoms with van der Waals surface area (Å²) in [5.74, 6) is 0.562. The van der Waals surface area contributed by atoms with E-state index in [1.807, 2.05) is 0 Å². The third-order valence-electron chi connectivity index (χ3n) is 2.55. The summed E-state index contributed by atoms with van der Waals surface area (Å²) in [7, 11) is 0. The van der Waals surface area contributed by atoms with Crippen LogP contribution in [0.5, 0.6) is 0 Å². The van der Waals surface area contributed by atoms with Gasteiger partial charge in [-0.15, -0.1) is 11.3 Å². The van der Waals surface area contributed by atoms with Crippen molar-refractivity contribution in [2.75, 3.05) is 18.5 Å². The predicted molar refractivity (Wildman–Crippen MR) is 81.7 cm³/mol. The highest BCUT2D eigenvalue weighted by Crippen LogP contribution is 2.31. The normalized spacial score (nSPS) is 11.1. The lowest BCUT2D eigenvalue weighted by molar-refractivity contribution is 0.0529. The van der Waals surface area contributed by atoms with Gasteiger partial charge in [-0.05, 0) is 12.8 Å². The van der Waals surface area contributed by atoms with Crippen molar-refractivity contribution in [3.8, 4) is 0 Å². The lowest BCUT2D eigenvalue weighted by atomic mass is 10.2. The highest BCUT2D eigenvalue weighted by molar-refractivity contribution is 7.17. The van der Waals surface area contributed by atoms with Gasteiger partial charge in [0.2, 0.25) is 5.95 Å². The molecule has 0 amide bonds. The van der Waals surface area contributed by atoms with Crippen molar-refractivity contribution in [1.29, 1.82) is 0 Å². The molecule has 0 atom stereocenters. The van der Waals surface area contributed by atoms with Crippen LogP contribution in [0, 0.1) is 5.92 Å². The summed E-state index contributed by atoms with van der Waals surface area (Å²) in [6, 6.07) is 0. The highest BCUT2D eigenvalue weighted by atomic mass is 35.5. The van der Waals surface area contributed by atoms with E-state index in [2.05, 4.69) is 29.1 Å². The van der Waals surface area contributed by atoms with E-state index in [-0.39, 0.29) is 5.15 Å². The van der Waals surface area contributed by atoms with Crippen molar-refractivity contribution < 1.29 is 9.53 Å². The summed E-state index contributed by atoms with van der Waals surface area (Å²) < 4.78 is 5.00. The van der Waals surface area contributed by atoms with E-state index >= 15 is 0 Å². The van der Waals surface area contributed by atoms with Crippen LogP contribution in [-0.4, -0.2) is 29.1 Å². The van der Waals surface area contributed by atoms with Crippen LogP contribution in [0.2, 0.25) is 5.15 Å². The van der Waals surface area contributed by atoms with Crippen LogP contribution in [0.4, 0.5) is 5.95 Å². The summed E-state index contributed by atoms with van der Waals surface area (Å²) in [6.45, 7) is 7.04. The fourth-order valence-corrected chi connectivity index (χ4v) is 2.87. The second kappa shape index (κ2) is 6.37. The van der Waals surface area contributed by atoms with E-state index in [9.17, 15) is 4.79 Å². The fraction of sp³-hybridized carbons (Fsp3) is 0.462. The molecule has 2 aromatic heterocycles. The minimum atomic E-state index is -0.396. The maximum absolute atomic E-state index is 11.8. The molecular formula is C13H16ClN3O2S. The number of esters is 1. The van der Waals surface area contributed by atoms with Crippen molar-refractivity contribution in [2.45, 2.75) is 20.8 Å². The van der Waals surface area contributed by atoms with Gasteiger partial charge in [-0.2, -0.15) is 0 Å². The van der Waals surface area contributed by atoms with Crippen molar-refractivity contribution >= 4 is 45.1 Å². The minimum Gasteiger partial charge on any atom is -0.462 e. The first kappa shape index (κ1) is 15.0. The van der Waals surface area contributed by atoms with Crippen molar-refractivity contribution in [1.82, 2.24) is 9.97 Å². The van der Waals surface area contributed by atoms with Gasteiger partial charge in [-0.3, -0.25) is 0 Å². The number of carbonyl (C=O) groups is 1. The van der Waals surface area contributed by atoms with Gasteiger partial charge < -0.3 is 10.1 Å². The molecule has 108 valence electrons. The summed E-state index contributed by atoms with van der Waals surface area (Å²) in [5, 5.41) is 5.66. The van der Waals surface area contributed by atoms with Crippen LogP contribution in [0.1, 0.15) is 31.1 Å². The summed E-state index contributed by atoms with van der Waals surface area (Å²) in [6.07, 6.45) is 0. The van der Waals surface area contributed by atoms with Crippen LogP contribution in [-0.2, 0) is 4.74 Å². The molecule has 0 spiro atoms. The SMILES string of the molecule is CCOC(=O)c1csc2nc(NCC(C)C)nc(Cl)c12. The zero-order valence-corrected chi connectivity index (χ0v) is 13.1. The van der Waals surface area contributed by atoms with Gasteiger partial charge in [0.05, 0.1) is 17.6 Å². The van der Waals surface area contributed by atoms with Crippen LogP contribution >= 0.6 is 22.9 Å². The van der Waals surface area contributed by atoms with Crippen molar-refractivity contribution in [3.63, 3.8) is 0 Å². The van der Waals surface area contributed by atoms with Crippen LogP contribution < -0.4 is 5.32 Å². The average Bonchev–Trinajstić information content (AvgIpc) is 2.81. The maximum Gasteiger partial charge on any atom is 0.339 e. The maximum atomic E-state index is 11.8. The molecule has 7 heteroatoms. The number of aromatic nitrogens is 2. The number of anilines is 1. The smallest absolute Gasteiger partial charge is 0.339 e. The second-order valence-corrected chi connectivity index (χ2v) is 5.88. The van der Waals surface area contributed by atoms with Gasteiger partial charge in [0.25, 0.3) is 0 Å². The van der Waals surface area contributed by atoms with Crippen molar-refractivity contribution in [3.05, 3.63) is 16.1 Å². The molecule has 20 heavy (non-hydrogen) atoms. The van der Waals surface area contributed by atoms with Crippen LogP contribution in [0.15, 0.2) is 5.38 Å². The number of nitrogens with one attached hydrogen (secondary N) is 1. The van der Waals surface area contributed by atoms with Crippen molar-refractivity contribution in [2.24, 2.45) is 5.92 Å². The molecule has 1 N–H and O–H groups in total. The number of carbonyl (C=O) groups excluding carboxylic acids is 1. The summed E-state index contributed by atoms with van der Waals surface area (Å²) in [4.78, 5) is 21.1. The Morgan fingerprint density at radius 3 is 2.90 bits per heavy atom. The third kappa shape index (κ3) is 3.19. The predicted octanol–water partition coefficient (Wildman–Crippen LogP) is 3.59. The Labute approximate surface area is 126 Å². The lowest BCUT2D eigenvalue weighted by Gasteiger charge is -2.08. The Morgan fingerprint density at radius 2 is 2.25 bits per heavy atom. The Bertz CT molecular complexity index is 627. The van der Waals surface area contributed by atoms with E-state index in [0.29, 0.717) is 34.3 Å². The van der Waals surface area contributed by atoms with Crippen LogP contribution in [0.25, 0.3) is 10.2 Å².